The monoisotopic (exact) mass is 221 g/mol. The smallest absolute Gasteiger partial charge is 0.216 e. The lowest BCUT2D eigenvalue weighted by Gasteiger charge is -2.01. The third-order valence-corrected chi connectivity index (χ3v) is 2.43. The van der Waals surface area contributed by atoms with Gasteiger partial charge < -0.3 is 15.4 Å². The number of nitrogens with one attached hydrogen (secondary N) is 2. The molecule has 1 aromatic heterocycles. The van der Waals surface area contributed by atoms with Crippen LogP contribution in [0.4, 0.5) is 0 Å². The van der Waals surface area contributed by atoms with E-state index >= 15 is 0 Å². The lowest BCUT2D eigenvalue weighted by atomic mass is 10.1. The second-order valence-corrected chi connectivity index (χ2v) is 3.55. The molecule has 0 saturated carbocycles. The van der Waals surface area contributed by atoms with Gasteiger partial charge in [0.25, 0.3) is 0 Å². The zero-order chi connectivity index (χ0) is 14.0. The molecule has 4 heteroatoms. The molecule has 0 aliphatic heterocycles. The fourth-order valence-corrected chi connectivity index (χ4v) is 1.68. The van der Waals surface area contributed by atoms with Gasteiger partial charge in [-0.1, -0.05) is 0 Å². The minimum atomic E-state index is -2.61. The van der Waals surface area contributed by atoms with E-state index in [9.17, 15) is 9.90 Å². The van der Waals surface area contributed by atoms with Crippen LogP contribution < -0.4 is 5.32 Å². The predicted octanol–water partition coefficient (Wildman–Crippen LogP) is 1.55. The molecule has 0 fully saturated rings. The van der Waals surface area contributed by atoms with E-state index in [0.717, 1.165) is 16.5 Å². The van der Waals surface area contributed by atoms with Gasteiger partial charge in [-0.05, 0) is 30.2 Å². The van der Waals surface area contributed by atoms with Crippen LogP contribution in [0.5, 0.6) is 5.75 Å². The number of aromatic hydroxyl groups is 1. The summed E-state index contributed by atoms with van der Waals surface area (Å²) in [5.41, 5.74) is 1.80. The van der Waals surface area contributed by atoms with E-state index in [1.165, 1.54) is 0 Å². The molecule has 1 aromatic carbocycles. The SMILES string of the molecule is [2H]C([2H])([2H])C(=O)NCCc1c[nH]c2ccc(O)cc12. The van der Waals surface area contributed by atoms with Crippen molar-refractivity contribution in [2.75, 3.05) is 6.54 Å². The van der Waals surface area contributed by atoms with Crippen molar-refractivity contribution in [2.45, 2.75) is 13.3 Å². The highest BCUT2D eigenvalue weighted by molar-refractivity contribution is 5.84. The first kappa shape index (κ1) is 7.33. The quantitative estimate of drug-likeness (QED) is 0.736. The van der Waals surface area contributed by atoms with Gasteiger partial charge >= 0.3 is 0 Å². The number of aromatic nitrogens is 1. The van der Waals surface area contributed by atoms with Crippen molar-refractivity contribution in [3.63, 3.8) is 0 Å². The Balaban J connectivity index is 2.03. The van der Waals surface area contributed by atoms with E-state index in [2.05, 4.69) is 10.3 Å². The number of benzene rings is 1. The van der Waals surface area contributed by atoms with Crippen molar-refractivity contribution < 1.29 is 14.0 Å². The number of hydrogen-bond donors (Lipinski definition) is 3. The molecule has 0 aliphatic rings. The van der Waals surface area contributed by atoms with E-state index in [1.807, 2.05) is 0 Å². The summed E-state index contributed by atoms with van der Waals surface area (Å²) in [5, 5.41) is 12.7. The van der Waals surface area contributed by atoms with Crippen LogP contribution in [0.15, 0.2) is 24.4 Å². The van der Waals surface area contributed by atoms with Crippen LogP contribution in [0.1, 0.15) is 16.5 Å². The standard InChI is InChI=1S/C12H14N2O2/c1-8(15)13-5-4-9-7-14-12-3-2-10(16)6-11(9)12/h2-3,6-7,14,16H,4-5H2,1H3,(H,13,15)/i1D3. The molecule has 84 valence electrons. The normalized spacial score (nSPS) is 14.1. The Morgan fingerprint density at radius 2 is 2.50 bits per heavy atom. The first-order chi connectivity index (χ1) is 8.88. The Morgan fingerprint density at radius 3 is 3.31 bits per heavy atom. The number of fused-ring (bicyclic) bond motifs is 1. The second-order valence-electron chi connectivity index (χ2n) is 3.55. The molecule has 2 aromatic rings. The highest BCUT2D eigenvalue weighted by Gasteiger charge is 2.04. The molecule has 1 heterocycles. The third kappa shape index (κ3) is 2.16. The second kappa shape index (κ2) is 4.26. The van der Waals surface area contributed by atoms with E-state index in [1.54, 1.807) is 24.4 Å². The lowest BCUT2D eigenvalue weighted by Crippen LogP contribution is -2.22. The summed E-state index contributed by atoms with van der Waals surface area (Å²) in [7, 11) is 0. The number of carbonyl (C=O) groups excluding carboxylic acids is 1. The summed E-state index contributed by atoms with van der Waals surface area (Å²) in [4.78, 5) is 14.2. The average Bonchev–Trinajstić information content (AvgIpc) is 2.70. The maximum atomic E-state index is 11.2. The van der Waals surface area contributed by atoms with Gasteiger partial charge in [0, 0.05) is 34.6 Å². The highest BCUT2D eigenvalue weighted by atomic mass is 16.3. The lowest BCUT2D eigenvalue weighted by molar-refractivity contribution is -0.118. The average molecular weight is 221 g/mol. The zero-order valence-corrected chi connectivity index (χ0v) is 8.58. The molecule has 0 unspecified atom stereocenters. The van der Waals surface area contributed by atoms with Gasteiger partial charge in [0.1, 0.15) is 5.75 Å². The molecule has 0 spiro atoms. The summed E-state index contributed by atoms with van der Waals surface area (Å²) >= 11 is 0. The number of phenols is 1. The fourth-order valence-electron chi connectivity index (χ4n) is 1.68. The Morgan fingerprint density at radius 1 is 1.62 bits per heavy atom. The number of aromatic amines is 1. The Labute approximate surface area is 97.5 Å². The van der Waals surface area contributed by atoms with Crippen LogP contribution in [0.3, 0.4) is 0 Å². The fraction of sp³-hybridized carbons (Fsp3) is 0.250. The Kier molecular flexibility index (Phi) is 1.95. The van der Waals surface area contributed by atoms with Crippen molar-refractivity contribution in [3.05, 3.63) is 30.0 Å². The number of rotatable bonds is 3. The van der Waals surface area contributed by atoms with Gasteiger partial charge in [-0.15, -0.1) is 0 Å². The maximum Gasteiger partial charge on any atom is 0.216 e. The van der Waals surface area contributed by atoms with Crippen LogP contribution in [-0.4, -0.2) is 22.5 Å². The number of hydrogen-bond acceptors (Lipinski definition) is 2. The summed E-state index contributed by atoms with van der Waals surface area (Å²) < 4.78 is 20.8. The topological polar surface area (TPSA) is 65.1 Å². The third-order valence-electron chi connectivity index (χ3n) is 2.43. The molecule has 0 aliphatic carbocycles. The van der Waals surface area contributed by atoms with E-state index in [0.29, 0.717) is 6.42 Å². The van der Waals surface area contributed by atoms with E-state index in [-0.39, 0.29) is 12.3 Å². The van der Waals surface area contributed by atoms with Gasteiger partial charge in [0.05, 0.1) is 0 Å². The largest absolute Gasteiger partial charge is 0.508 e. The molecule has 0 saturated heterocycles. The molecule has 1 amide bonds. The Bertz CT molecular complexity index is 605. The number of amides is 1. The van der Waals surface area contributed by atoms with Crippen molar-refractivity contribution in [2.24, 2.45) is 0 Å². The molecule has 3 N–H and O–H groups in total. The molecular weight excluding hydrogens is 204 g/mol. The first-order valence-corrected chi connectivity index (χ1v) is 4.95. The molecular formula is C12H14N2O2. The summed E-state index contributed by atoms with van der Waals surface area (Å²) in [6, 6.07) is 4.97. The molecule has 2 rings (SSSR count). The minimum absolute atomic E-state index is 0.167. The summed E-state index contributed by atoms with van der Waals surface area (Å²) in [6.07, 6.45) is 2.27. The van der Waals surface area contributed by atoms with Crippen molar-refractivity contribution in [3.8, 4) is 5.75 Å². The van der Waals surface area contributed by atoms with Gasteiger partial charge in [0.15, 0.2) is 0 Å². The zero-order valence-electron chi connectivity index (χ0n) is 11.6. The summed E-state index contributed by atoms with van der Waals surface area (Å²) in [5.74, 6) is -0.782. The van der Waals surface area contributed by atoms with Crippen LogP contribution in [0.2, 0.25) is 0 Å². The van der Waals surface area contributed by atoms with Gasteiger partial charge in [-0.2, -0.15) is 0 Å². The van der Waals surface area contributed by atoms with E-state index < -0.39 is 12.8 Å². The van der Waals surface area contributed by atoms with Crippen molar-refractivity contribution in [1.29, 1.82) is 0 Å². The van der Waals surface area contributed by atoms with Crippen molar-refractivity contribution in [1.82, 2.24) is 10.3 Å². The molecule has 0 radical (unpaired) electrons. The van der Waals surface area contributed by atoms with Gasteiger partial charge in [-0.3, -0.25) is 4.79 Å². The van der Waals surface area contributed by atoms with Crippen LogP contribution in [0, 0.1) is 0 Å². The first-order valence-electron chi connectivity index (χ1n) is 6.45. The van der Waals surface area contributed by atoms with Crippen LogP contribution in [0.25, 0.3) is 10.9 Å². The maximum absolute atomic E-state index is 11.2. The molecule has 16 heavy (non-hydrogen) atoms. The van der Waals surface area contributed by atoms with Crippen LogP contribution >= 0.6 is 0 Å². The number of phenolic OH excluding ortho intramolecular Hbond substituents is 1. The van der Waals surface area contributed by atoms with E-state index in [4.69, 9.17) is 4.11 Å². The minimum Gasteiger partial charge on any atom is -0.508 e. The summed E-state index contributed by atoms with van der Waals surface area (Å²) in [6.45, 7) is -2.38. The number of H-pyrrole nitrogens is 1. The molecule has 0 atom stereocenters. The Hall–Kier alpha value is -1.97. The molecule has 0 bridgehead atoms. The predicted molar refractivity (Wildman–Crippen MR) is 62.4 cm³/mol. The van der Waals surface area contributed by atoms with Crippen LogP contribution in [-0.2, 0) is 11.2 Å². The van der Waals surface area contributed by atoms with Crippen molar-refractivity contribution >= 4 is 16.8 Å². The highest BCUT2D eigenvalue weighted by Crippen LogP contribution is 2.22. The molecule has 4 nitrogen and oxygen atoms in total. The van der Waals surface area contributed by atoms with Gasteiger partial charge in [0.2, 0.25) is 5.91 Å². The van der Waals surface area contributed by atoms with Gasteiger partial charge in [-0.25, -0.2) is 0 Å². The number of carbonyl (C=O) groups is 1.